The second-order valence-corrected chi connectivity index (χ2v) is 6.88. The van der Waals surface area contributed by atoms with Crippen molar-refractivity contribution in [2.24, 2.45) is 4.40 Å². The summed E-state index contributed by atoms with van der Waals surface area (Å²) in [6, 6.07) is 0. The maximum Gasteiger partial charge on any atom is 0.434 e. The molecule has 0 radical (unpaired) electrons. The van der Waals surface area contributed by atoms with Gasteiger partial charge in [-0.05, 0) is 5.90 Å². The molecule has 0 aliphatic rings. The van der Waals surface area contributed by atoms with Gasteiger partial charge in [0.15, 0.2) is 10.1 Å². The topological polar surface area (TPSA) is 127 Å². The summed E-state index contributed by atoms with van der Waals surface area (Å²) in [7, 11) is -15.0. The van der Waals surface area contributed by atoms with Crippen LogP contribution >= 0.6 is 0 Å². The molecule has 0 aromatic rings. The van der Waals surface area contributed by atoms with Crippen LogP contribution in [-0.4, -0.2) is 49.9 Å². The van der Waals surface area contributed by atoms with Crippen molar-refractivity contribution in [1.82, 2.24) is 0 Å². The van der Waals surface area contributed by atoms with Crippen molar-refractivity contribution in [3.63, 3.8) is 0 Å². The highest BCUT2D eigenvalue weighted by atomic mass is 32.2. The lowest BCUT2D eigenvalue weighted by molar-refractivity contribution is -0.246. The van der Waals surface area contributed by atoms with Crippen LogP contribution in [0.15, 0.2) is 4.40 Å². The molecule has 0 fully saturated rings. The molecule has 0 saturated heterocycles. The highest BCUT2D eigenvalue weighted by molar-refractivity contribution is 7.91. The highest BCUT2D eigenvalue weighted by Gasteiger charge is 2.80. The molecule has 0 aromatic heterocycles. The summed E-state index contributed by atoms with van der Waals surface area (Å²) in [5, 5.41) is -3.92. The second-order valence-electron chi connectivity index (χ2n) is 3.81. The Bertz CT molecular complexity index is 722. The van der Waals surface area contributed by atoms with E-state index in [0.717, 1.165) is 4.40 Å². The minimum absolute atomic E-state index is 1.08. The molecule has 0 heterocycles. The van der Waals surface area contributed by atoms with E-state index in [2.05, 4.69) is 0 Å². The standard InChI is InChI=1S/C6H4F9NO6S2/c7-3(8,9)1-2(17)16-23(18,19)5(12,13)4(10,11)6(14,15)24(20,21)22/h1H2,(H,16,17)(H,20,21,22)/p-2. The number of hydrogen-bond donors (Lipinski definition) is 0. The van der Waals surface area contributed by atoms with E-state index in [1.165, 1.54) is 0 Å². The molecule has 0 amide bonds. The van der Waals surface area contributed by atoms with Crippen LogP contribution in [0, 0.1) is 0 Å². The molecule has 0 rings (SSSR count). The fourth-order valence-electron chi connectivity index (χ4n) is 0.884. The van der Waals surface area contributed by atoms with E-state index >= 15 is 0 Å². The van der Waals surface area contributed by atoms with Crippen LogP contribution < -0.4 is 5.11 Å². The fourth-order valence-corrected chi connectivity index (χ4v) is 2.29. The van der Waals surface area contributed by atoms with Gasteiger partial charge in [-0.25, -0.2) is 8.42 Å². The first-order chi connectivity index (χ1) is 10.1. The molecule has 0 atom stereocenters. The van der Waals surface area contributed by atoms with Gasteiger partial charge in [0.1, 0.15) is 0 Å². The molecular weight excluding hydrogens is 417 g/mol. The number of halogens is 9. The van der Waals surface area contributed by atoms with Crippen molar-refractivity contribution >= 4 is 26.0 Å². The van der Waals surface area contributed by atoms with E-state index in [1.54, 1.807) is 0 Å². The van der Waals surface area contributed by atoms with Gasteiger partial charge in [-0.2, -0.15) is 52.3 Å². The van der Waals surface area contributed by atoms with Gasteiger partial charge >= 0.3 is 32.6 Å². The highest BCUT2D eigenvalue weighted by Crippen LogP contribution is 2.50. The van der Waals surface area contributed by atoms with E-state index in [4.69, 9.17) is 0 Å². The Balaban J connectivity index is 6.19. The lowest BCUT2D eigenvalue weighted by atomic mass is 10.3. The summed E-state index contributed by atoms with van der Waals surface area (Å²) >= 11 is 0. The van der Waals surface area contributed by atoms with Gasteiger partial charge in [0.2, 0.25) is 0 Å². The summed E-state index contributed by atoms with van der Waals surface area (Å²) < 4.78 is 165. The minimum Gasteiger partial charge on any atom is -0.861 e. The van der Waals surface area contributed by atoms with Crippen LogP contribution in [-0.2, 0) is 20.1 Å². The largest absolute Gasteiger partial charge is 0.861 e. The normalized spacial score (nSPS) is 16.3. The third-order valence-electron chi connectivity index (χ3n) is 1.94. The predicted octanol–water partition coefficient (Wildman–Crippen LogP) is 0.394. The van der Waals surface area contributed by atoms with Crippen LogP contribution in [0.1, 0.15) is 6.42 Å². The number of alkyl halides is 9. The fraction of sp³-hybridized carbons (Fsp3) is 0.833. The van der Waals surface area contributed by atoms with Crippen molar-refractivity contribution in [3.8, 4) is 0 Å². The summed E-state index contributed by atoms with van der Waals surface area (Å²) in [4.78, 5) is 0. The minimum atomic E-state index is -7.55. The summed E-state index contributed by atoms with van der Waals surface area (Å²) in [6.07, 6.45) is -8.35. The van der Waals surface area contributed by atoms with Crippen LogP contribution in [0.2, 0.25) is 0 Å². The molecule has 18 heteroatoms. The first kappa shape index (κ1) is 22.7. The third-order valence-corrected chi connectivity index (χ3v) is 4.18. The zero-order chi connectivity index (χ0) is 20.0. The van der Waals surface area contributed by atoms with Crippen LogP contribution in [0.4, 0.5) is 39.5 Å². The van der Waals surface area contributed by atoms with Gasteiger partial charge in [-0.1, -0.05) is 0 Å². The van der Waals surface area contributed by atoms with E-state index < -0.39 is 55.1 Å². The van der Waals surface area contributed by atoms with E-state index in [-0.39, 0.29) is 0 Å². The van der Waals surface area contributed by atoms with Gasteiger partial charge in [-0.15, -0.1) is 0 Å². The maximum atomic E-state index is 13.1. The van der Waals surface area contributed by atoms with Gasteiger partial charge in [-0.3, -0.25) is 0 Å². The lowest BCUT2D eigenvalue weighted by Crippen LogP contribution is -2.60. The SMILES string of the molecule is O=S(=O)([O-])C(F)(F)C(F)(F)C(F)(F)S(=O)(=O)N=C([O-])CC(F)(F)F. The molecule has 0 N–H and O–H groups in total. The Morgan fingerprint density at radius 2 is 1.21 bits per heavy atom. The van der Waals surface area contributed by atoms with Crippen molar-refractivity contribution in [2.45, 2.75) is 29.0 Å². The first-order valence-corrected chi connectivity index (χ1v) is 7.61. The van der Waals surface area contributed by atoms with Crippen molar-refractivity contribution in [2.75, 3.05) is 0 Å². The van der Waals surface area contributed by atoms with Gasteiger partial charge in [0.25, 0.3) is 0 Å². The van der Waals surface area contributed by atoms with Crippen molar-refractivity contribution < 1.29 is 66.0 Å². The molecule has 0 bridgehead atoms. The molecule has 0 unspecified atom stereocenters. The predicted molar refractivity (Wildman–Crippen MR) is 51.6 cm³/mol. The van der Waals surface area contributed by atoms with Crippen LogP contribution in [0.3, 0.4) is 0 Å². The summed E-state index contributed by atoms with van der Waals surface area (Å²) in [5.74, 6) is -10.4. The van der Waals surface area contributed by atoms with E-state index in [1.807, 2.05) is 0 Å². The quantitative estimate of drug-likeness (QED) is 0.265. The number of nitrogens with zero attached hydrogens (tertiary/aromatic N) is 1. The van der Waals surface area contributed by atoms with E-state index in [9.17, 15) is 66.0 Å². The molecule has 24 heavy (non-hydrogen) atoms. The first-order valence-electron chi connectivity index (χ1n) is 4.76. The average Bonchev–Trinajstić information content (AvgIpc) is 2.22. The molecule has 0 aromatic carbocycles. The zero-order valence-corrected chi connectivity index (χ0v) is 12.0. The maximum absolute atomic E-state index is 13.1. The Morgan fingerprint density at radius 1 is 0.833 bits per heavy atom. The summed E-state index contributed by atoms with van der Waals surface area (Å²) in [6.45, 7) is 0. The Morgan fingerprint density at radius 3 is 1.50 bits per heavy atom. The monoisotopic (exact) mass is 419 g/mol. The third kappa shape index (κ3) is 4.02. The average molecular weight is 419 g/mol. The van der Waals surface area contributed by atoms with Crippen LogP contribution in [0.5, 0.6) is 0 Å². The molecule has 0 aliphatic carbocycles. The molecule has 0 saturated carbocycles. The Labute approximate surface area is 126 Å². The molecule has 144 valence electrons. The number of rotatable bonds is 6. The van der Waals surface area contributed by atoms with Crippen molar-refractivity contribution in [1.29, 1.82) is 0 Å². The molecule has 7 nitrogen and oxygen atoms in total. The molecular formula is C6H2F9NO6S2-2. The zero-order valence-electron chi connectivity index (χ0n) is 10.3. The Hall–Kier alpha value is -1.30. The van der Waals surface area contributed by atoms with Crippen LogP contribution in [0.25, 0.3) is 0 Å². The second kappa shape index (κ2) is 5.90. The Kier molecular flexibility index (Phi) is 5.58. The molecule has 0 aliphatic heterocycles. The smallest absolute Gasteiger partial charge is 0.434 e. The van der Waals surface area contributed by atoms with E-state index in [0.29, 0.717) is 0 Å². The number of hydrogen-bond acceptors (Lipinski definition) is 6. The van der Waals surface area contributed by atoms with Crippen molar-refractivity contribution in [3.05, 3.63) is 0 Å². The summed E-state index contributed by atoms with van der Waals surface area (Å²) in [5.41, 5.74) is 0. The van der Waals surface area contributed by atoms with Gasteiger partial charge < -0.3 is 9.66 Å². The molecule has 0 spiro atoms. The van der Waals surface area contributed by atoms with Gasteiger partial charge in [0.05, 0.1) is 6.42 Å². The lowest BCUT2D eigenvalue weighted by Gasteiger charge is -2.32. The number of sulfonamides is 1. The van der Waals surface area contributed by atoms with Gasteiger partial charge in [0, 0.05) is 0 Å².